The van der Waals surface area contributed by atoms with E-state index >= 15 is 0 Å². The first-order valence-corrected chi connectivity index (χ1v) is 5.50. The van der Waals surface area contributed by atoms with E-state index in [0.717, 1.165) is 12.1 Å². The predicted molar refractivity (Wildman–Crippen MR) is 66.9 cm³/mol. The fourth-order valence-corrected chi connectivity index (χ4v) is 1.33. The number of hydrogen-bond donors (Lipinski definition) is 2. The number of nitrogens with one attached hydrogen (secondary N) is 2. The number of aromatic nitrogens is 3. The Hall–Kier alpha value is -2.64. The van der Waals surface area contributed by atoms with Crippen LogP contribution >= 0.6 is 0 Å². The molecule has 0 aromatic carbocycles. The van der Waals surface area contributed by atoms with E-state index in [4.69, 9.17) is 0 Å². The molecule has 0 fully saturated rings. The van der Waals surface area contributed by atoms with Crippen molar-refractivity contribution in [3.05, 3.63) is 40.6 Å². The van der Waals surface area contributed by atoms with E-state index in [0.29, 0.717) is 5.69 Å². The summed E-state index contributed by atoms with van der Waals surface area (Å²) < 4.78 is 4.47. The number of nitrogens with zero attached hydrogens (tertiary/aromatic N) is 3. The van der Waals surface area contributed by atoms with Crippen LogP contribution in [0.4, 0.5) is 5.82 Å². The Labute approximate surface area is 108 Å². The smallest absolute Gasteiger partial charge is 0.416 e. The molecule has 0 aliphatic rings. The maximum absolute atomic E-state index is 11.6. The minimum Gasteiger partial charge on any atom is -0.416 e. The average molecular weight is 263 g/mol. The minimum absolute atomic E-state index is 0.0721. The van der Waals surface area contributed by atoms with Crippen LogP contribution in [-0.4, -0.2) is 35.0 Å². The Morgan fingerprint density at radius 2 is 2.21 bits per heavy atom. The van der Waals surface area contributed by atoms with Crippen molar-refractivity contribution in [2.75, 3.05) is 19.0 Å². The molecule has 2 rings (SSSR count). The number of anilines is 1. The highest BCUT2D eigenvalue weighted by molar-refractivity contribution is 5.91. The summed E-state index contributed by atoms with van der Waals surface area (Å²) in [5, 5.41) is 2.59. The third kappa shape index (κ3) is 3.18. The van der Waals surface area contributed by atoms with E-state index in [1.807, 2.05) is 19.0 Å². The Kier molecular flexibility index (Phi) is 3.60. The Morgan fingerprint density at radius 1 is 1.42 bits per heavy atom. The van der Waals surface area contributed by atoms with Crippen molar-refractivity contribution in [1.82, 2.24) is 20.3 Å². The van der Waals surface area contributed by atoms with E-state index in [-0.39, 0.29) is 12.2 Å². The topological polar surface area (TPSA) is 104 Å². The fourth-order valence-electron chi connectivity index (χ4n) is 1.33. The minimum atomic E-state index is -0.666. The summed E-state index contributed by atoms with van der Waals surface area (Å²) >= 11 is 0. The average Bonchev–Trinajstić information content (AvgIpc) is 2.83. The molecule has 2 aromatic rings. The molecule has 0 aliphatic carbocycles. The number of amides is 1. The van der Waals surface area contributed by atoms with Gasteiger partial charge in [0.25, 0.3) is 5.91 Å². The van der Waals surface area contributed by atoms with Gasteiger partial charge in [0, 0.05) is 14.1 Å². The maximum Gasteiger partial charge on any atom is 0.416 e. The SMILES string of the molecule is CN(C)c1cnc(CNC(=O)c2coc(=O)[nH]2)cn1. The number of H-pyrrole nitrogens is 1. The van der Waals surface area contributed by atoms with Gasteiger partial charge in [0.15, 0.2) is 0 Å². The third-order valence-corrected chi connectivity index (χ3v) is 2.35. The highest BCUT2D eigenvalue weighted by Gasteiger charge is 2.09. The molecule has 0 spiro atoms. The van der Waals surface area contributed by atoms with Crippen molar-refractivity contribution >= 4 is 11.7 Å². The highest BCUT2D eigenvalue weighted by Crippen LogP contribution is 2.04. The third-order valence-electron chi connectivity index (χ3n) is 2.35. The highest BCUT2D eigenvalue weighted by atomic mass is 16.4. The molecule has 2 heterocycles. The summed E-state index contributed by atoms with van der Waals surface area (Å²) in [5.74, 6) is -0.376. The van der Waals surface area contributed by atoms with Crippen LogP contribution in [0.3, 0.4) is 0 Å². The Balaban J connectivity index is 1.95. The zero-order valence-electron chi connectivity index (χ0n) is 10.5. The molecule has 0 atom stereocenters. The van der Waals surface area contributed by atoms with Crippen molar-refractivity contribution < 1.29 is 9.21 Å². The van der Waals surface area contributed by atoms with Gasteiger partial charge in [-0.2, -0.15) is 0 Å². The first kappa shape index (κ1) is 12.8. The van der Waals surface area contributed by atoms with Crippen molar-refractivity contribution in [3.8, 4) is 0 Å². The van der Waals surface area contributed by atoms with Crippen LogP contribution in [0.1, 0.15) is 16.2 Å². The molecule has 0 radical (unpaired) electrons. The summed E-state index contributed by atoms with van der Waals surface area (Å²) in [7, 11) is 3.72. The van der Waals surface area contributed by atoms with Gasteiger partial charge in [-0.3, -0.25) is 14.8 Å². The van der Waals surface area contributed by atoms with Gasteiger partial charge < -0.3 is 14.6 Å². The second-order valence-corrected chi connectivity index (χ2v) is 4.00. The van der Waals surface area contributed by atoms with Crippen molar-refractivity contribution in [1.29, 1.82) is 0 Å². The number of hydrogen-bond acceptors (Lipinski definition) is 6. The van der Waals surface area contributed by atoms with Gasteiger partial charge in [-0.25, -0.2) is 9.78 Å². The molecular formula is C11H13N5O3. The fraction of sp³-hybridized carbons (Fsp3) is 0.273. The molecule has 100 valence electrons. The summed E-state index contributed by atoms with van der Waals surface area (Å²) in [6.45, 7) is 0.215. The summed E-state index contributed by atoms with van der Waals surface area (Å²) in [4.78, 5) is 34.8. The van der Waals surface area contributed by atoms with E-state index in [2.05, 4.69) is 24.7 Å². The zero-order chi connectivity index (χ0) is 13.8. The van der Waals surface area contributed by atoms with Crippen molar-refractivity contribution in [2.24, 2.45) is 0 Å². The molecule has 8 nitrogen and oxygen atoms in total. The molecule has 0 aliphatic heterocycles. The van der Waals surface area contributed by atoms with Crippen LogP contribution in [0.15, 0.2) is 27.9 Å². The number of oxazole rings is 1. The summed E-state index contributed by atoms with van der Waals surface area (Å²) in [6, 6.07) is 0. The summed E-state index contributed by atoms with van der Waals surface area (Å²) in [5.41, 5.74) is 0.688. The lowest BCUT2D eigenvalue weighted by Crippen LogP contribution is -2.24. The number of carbonyl (C=O) groups excluding carboxylic acids is 1. The quantitative estimate of drug-likeness (QED) is 0.788. The van der Waals surface area contributed by atoms with E-state index in [1.54, 1.807) is 12.4 Å². The molecule has 0 unspecified atom stereocenters. The largest absolute Gasteiger partial charge is 0.416 e. The first-order chi connectivity index (χ1) is 9.06. The molecule has 8 heteroatoms. The molecule has 0 saturated heterocycles. The Bertz CT molecular complexity index is 614. The van der Waals surface area contributed by atoms with Gasteiger partial charge in [0.05, 0.1) is 24.6 Å². The van der Waals surface area contributed by atoms with Crippen LogP contribution in [0.2, 0.25) is 0 Å². The van der Waals surface area contributed by atoms with Gasteiger partial charge >= 0.3 is 5.76 Å². The van der Waals surface area contributed by atoms with Crippen LogP contribution in [0.5, 0.6) is 0 Å². The van der Waals surface area contributed by atoms with Gasteiger partial charge in [-0.15, -0.1) is 0 Å². The second-order valence-electron chi connectivity index (χ2n) is 4.00. The molecule has 2 N–H and O–H groups in total. The second kappa shape index (κ2) is 5.34. The van der Waals surface area contributed by atoms with E-state index < -0.39 is 11.7 Å². The van der Waals surface area contributed by atoms with Gasteiger partial charge in [0.1, 0.15) is 17.8 Å². The summed E-state index contributed by atoms with van der Waals surface area (Å²) in [6.07, 6.45) is 4.26. The van der Waals surface area contributed by atoms with Crippen LogP contribution in [0.25, 0.3) is 0 Å². The van der Waals surface area contributed by atoms with Gasteiger partial charge in [-0.05, 0) is 0 Å². The normalized spacial score (nSPS) is 10.2. The lowest BCUT2D eigenvalue weighted by molar-refractivity contribution is 0.0945. The van der Waals surface area contributed by atoms with E-state index in [1.165, 1.54) is 0 Å². The number of aromatic amines is 1. The standard InChI is InChI=1S/C11H13N5O3/c1-16(2)9-5-12-7(3-13-9)4-14-10(17)8-6-19-11(18)15-8/h3,5-6H,4H2,1-2H3,(H,14,17)(H,15,18). The van der Waals surface area contributed by atoms with Crippen LogP contribution in [0, 0.1) is 0 Å². The molecule has 0 bridgehead atoms. The number of rotatable bonds is 4. The molecule has 2 aromatic heterocycles. The lowest BCUT2D eigenvalue weighted by Gasteiger charge is -2.10. The van der Waals surface area contributed by atoms with Crippen molar-refractivity contribution in [2.45, 2.75) is 6.54 Å². The molecule has 0 saturated carbocycles. The van der Waals surface area contributed by atoms with Gasteiger partial charge in [0.2, 0.25) is 0 Å². The van der Waals surface area contributed by atoms with Gasteiger partial charge in [-0.1, -0.05) is 0 Å². The molecule has 1 amide bonds. The first-order valence-electron chi connectivity index (χ1n) is 5.50. The zero-order valence-corrected chi connectivity index (χ0v) is 10.5. The monoisotopic (exact) mass is 263 g/mol. The van der Waals surface area contributed by atoms with E-state index in [9.17, 15) is 9.59 Å². The molecule has 19 heavy (non-hydrogen) atoms. The lowest BCUT2D eigenvalue weighted by atomic mass is 10.4. The Morgan fingerprint density at radius 3 is 2.74 bits per heavy atom. The predicted octanol–water partition coefficient (Wildman–Crippen LogP) is -0.246. The number of carbonyl (C=O) groups is 1. The molecular weight excluding hydrogens is 250 g/mol. The van der Waals surface area contributed by atoms with Crippen molar-refractivity contribution in [3.63, 3.8) is 0 Å². The van der Waals surface area contributed by atoms with Crippen LogP contribution in [-0.2, 0) is 6.54 Å². The maximum atomic E-state index is 11.6. The van der Waals surface area contributed by atoms with Crippen LogP contribution < -0.4 is 16.0 Å².